The first-order valence-electron chi connectivity index (χ1n) is 7.30. The second-order valence-corrected chi connectivity index (χ2v) is 7.50. The van der Waals surface area contributed by atoms with Crippen molar-refractivity contribution >= 4 is 10.0 Å². The van der Waals surface area contributed by atoms with Gasteiger partial charge in [-0.15, -0.1) is 0 Å². The zero-order chi connectivity index (χ0) is 15.3. The van der Waals surface area contributed by atoms with E-state index in [1.165, 1.54) is 0 Å². The van der Waals surface area contributed by atoms with Crippen LogP contribution in [0.4, 0.5) is 0 Å². The first kappa shape index (κ1) is 16.3. The molecule has 1 heterocycles. The molecule has 1 aromatic rings. The predicted octanol–water partition coefficient (Wildman–Crippen LogP) is 1.46. The Hall–Kier alpha value is -1.11. The van der Waals surface area contributed by atoms with E-state index in [1.54, 1.807) is 17.5 Å². The third-order valence-electron chi connectivity index (χ3n) is 3.85. The van der Waals surface area contributed by atoms with E-state index >= 15 is 0 Å². The number of rotatable bonds is 6. The third kappa shape index (κ3) is 4.43. The number of nitrogens with one attached hydrogen (secondary N) is 1. The molecule has 6 heteroatoms. The Balaban J connectivity index is 2.06. The van der Waals surface area contributed by atoms with Crippen molar-refractivity contribution in [1.29, 1.82) is 0 Å². The van der Waals surface area contributed by atoms with Crippen molar-refractivity contribution in [1.82, 2.24) is 9.62 Å². The molecule has 0 saturated carbocycles. The van der Waals surface area contributed by atoms with Gasteiger partial charge in [-0.1, -0.05) is 12.1 Å². The molecule has 1 aromatic carbocycles. The summed E-state index contributed by atoms with van der Waals surface area (Å²) >= 11 is 0. The van der Waals surface area contributed by atoms with Gasteiger partial charge in [0.15, 0.2) is 0 Å². The number of piperidine rings is 1. The smallest absolute Gasteiger partial charge is 0.218 e. The number of benzene rings is 1. The molecule has 21 heavy (non-hydrogen) atoms. The van der Waals surface area contributed by atoms with E-state index in [0.29, 0.717) is 24.8 Å². The molecule has 1 aliphatic rings. The van der Waals surface area contributed by atoms with Crippen LogP contribution < -0.4 is 10.1 Å². The molecule has 1 fully saturated rings. The molecule has 0 spiro atoms. The van der Waals surface area contributed by atoms with Crippen LogP contribution in [0.1, 0.15) is 18.4 Å². The van der Waals surface area contributed by atoms with E-state index in [0.717, 1.165) is 24.9 Å². The summed E-state index contributed by atoms with van der Waals surface area (Å²) in [5, 5.41) is 3.14. The molecule has 0 aromatic heterocycles. The number of ether oxygens (including phenoxy) is 1. The quantitative estimate of drug-likeness (QED) is 0.864. The largest absolute Gasteiger partial charge is 0.497 e. The van der Waals surface area contributed by atoms with Gasteiger partial charge in [0.1, 0.15) is 5.75 Å². The topological polar surface area (TPSA) is 58.6 Å². The molecule has 0 aliphatic carbocycles. The zero-order valence-corrected chi connectivity index (χ0v) is 13.5. The van der Waals surface area contributed by atoms with Crippen molar-refractivity contribution in [2.75, 3.05) is 33.8 Å². The molecule has 0 bridgehead atoms. The number of hydrogen-bond acceptors (Lipinski definition) is 4. The van der Waals surface area contributed by atoms with Crippen LogP contribution in [0.3, 0.4) is 0 Å². The number of hydrogen-bond donors (Lipinski definition) is 1. The highest BCUT2D eigenvalue weighted by Crippen LogP contribution is 2.22. The fourth-order valence-corrected chi connectivity index (χ4v) is 4.43. The first-order valence-corrected chi connectivity index (χ1v) is 8.91. The Morgan fingerprint density at radius 1 is 1.43 bits per heavy atom. The Kier molecular flexibility index (Phi) is 5.61. The van der Waals surface area contributed by atoms with Crippen molar-refractivity contribution in [3.8, 4) is 5.75 Å². The lowest BCUT2D eigenvalue weighted by atomic mass is 10.00. The Labute approximate surface area is 127 Å². The third-order valence-corrected chi connectivity index (χ3v) is 5.67. The molecule has 1 atom stereocenters. The summed E-state index contributed by atoms with van der Waals surface area (Å²) in [5.74, 6) is 1.13. The molecule has 1 saturated heterocycles. The fraction of sp³-hybridized carbons (Fsp3) is 0.600. The van der Waals surface area contributed by atoms with Crippen LogP contribution in [-0.4, -0.2) is 46.5 Å². The number of methoxy groups -OCH3 is 1. The van der Waals surface area contributed by atoms with Gasteiger partial charge in [-0.2, -0.15) is 0 Å². The number of sulfonamides is 1. The maximum atomic E-state index is 12.6. The highest BCUT2D eigenvalue weighted by Gasteiger charge is 2.28. The van der Waals surface area contributed by atoms with E-state index in [4.69, 9.17) is 4.74 Å². The molecule has 1 unspecified atom stereocenters. The fourth-order valence-electron chi connectivity index (χ4n) is 2.80. The van der Waals surface area contributed by atoms with E-state index in [9.17, 15) is 8.42 Å². The van der Waals surface area contributed by atoms with Crippen molar-refractivity contribution < 1.29 is 13.2 Å². The second-order valence-electron chi connectivity index (χ2n) is 5.53. The Morgan fingerprint density at radius 3 is 2.95 bits per heavy atom. The van der Waals surface area contributed by atoms with E-state index in [-0.39, 0.29) is 5.75 Å². The molecule has 0 amide bonds. The minimum atomic E-state index is -3.26. The van der Waals surface area contributed by atoms with Gasteiger partial charge < -0.3 is 10.1 Å². The average molecular weight is 312 g/mol. The van der Waals surface area contributed by atoms with Gasteiger partial charge in [0.2, 0.25) is 10.0 Å². The summed E-state index contributed by atoms with van der Waals surface area (Å²) in [6.45, 7) is 2.12. The van der Waals surface area contributed by atoms with Gasteiger partial charge in [-0.3, -0.25) is 0 Å². The van der Waals surface area contributed by atoms with Crippen molar-refractivity contribution in [3.63, 3.8) is 0 Å². The van der Waals surface area contributed by atoms with Crippen molar-refractivity contribution in [3.05, 3.63) is 29.8 Å². The standard InChI is InChI=1S/C15H24N2O3S/c1-16-10-14-6-4-8-17(11-14)21(18,19)12-13-5-3-7-15(9-13)20-2/h3,5,7,9,14,16H,4,6,8,10-12H2,1-2H3. The minimum absolute atomic E-state index is 0.0382. The average Bonchev–Trinajstić information content (AvgIpc) is 2.48. The van der Waals surface area contributed by atoms with E-state index < -0.39 is 10.0 Å². The van der Waals surface area contributed by atoms with E-state index in [1.807, 2.05) is 25.2 Å². The summed E-state index contributed by atoms with van der Waals surface area (Å²) in [6.07, 6.45) is 2.02. The lowest BCUT2D eigenvalue weighted by molar-refractivity contribution is 0.263. The molecule has 0 radical (unpaired) electrons. The van der Waals surface area contributed by atoms with Crippen LogP contribution >= 0.6 is 0 Å². The maximum Gasteiger partial charge on any atom is 0.218 e. The first-order chi connectivity index (χ1) is 10.0. The molecule has 1 aliphatic heterocycles. The monoisotopic (exact) mass is 312 g/mol. The molecule has 118 valence electrons. The summed E-state index contributed by atoms with van der Waals surface area (Å²) in [5.41, 5.74) is 0.769. The molecule has 5 nitrogen and oxygen atoms in total. The van der Waals surface area contributed by atoms with Crippen LogP contribution in [0.25, 0.3) is 0 Å². The molecular weight excluding hydrogens is 288 g/mol. The summed E-state index contributed by atoms with van der Waals surface area (Å²) in [7, 11) is 0.228. The maximum absolute atomic E-state index is 12.6. The molecular formula is C15H24N2O3S. The van der Waals surface area contributed by atoms with Gasteiger partial charge >= 0.3 is 0 Å². The van der Waals surface area contributed by atoms with Gasteiger partial charge in [0, 0.05) is 13.1 Å². The normalized spacial score (nSPS) is 20.4. The predicted molar refractivity (Wildman–Crippen MR) is 83.8 cm³/mol. The minimum Gasteiger partial charge on any atom is -0.497 e. The Bertz CT molecular complexity index is 558. The SMILES string of the molecule is CNCC1CCCN(S(=O)(=O)Cc2cccc(OC)c2)C1. The lowest BCUT2D eigenvalue weighted by Crippen LogP contribution is -2.42. The van der Waals surface area contributed by atoms with Crippen LogP contribution in [-0.2, 0) is 15.8 Å². The van der Waals surface area contributed by atoms with Gasteiger partial charge in [-0.25, -0.2) is 12.7 Å². The van der Waals surface area contributed by atoms with Gasteiger partial charge in [-0.05, 0) is 50.0 Å². The van der Waals surface area contributed by atoms with Crippen LogP contribution in [0.2, 0.25) is 0 Å². The summed E-state index contributed by atoms with van der Waals surface area (Å²) in [4.78, 5) is 0. The van der Waals surface area contributed by atoms with Gasteiger partial charge in [0.25, 0.3) is 0 Å². The van der Waals surface area contributed by atoms with Crippen LogP contribution in [0.5, 0.6) is 5.75 Å². The van der Waals surface area contributed by atoms with Crippen molar-refractivity contribution in [2.45, 2.75) is 18.6 Å². The Morgan fingerprint density at radius 2 is 2.24 bits per heavy atom. The molecule has 2 rings (SSSR count). The van der Waals surface area contributed by atoms with E-state index in [2.05, 4.69) is 5.32 Å². The molecule has 1 N–H and O–H groups in total. The van der Waals surface area contributed by atoms with Gasteiger partial charge in [0.05, 0.1) is 12.9 Å². The summed E-state index contributed by atoms with van der Waals surface area (Å²) in [6, 6.07) is 7.26. The van der Waals surface area contributed by atoms with Crippen molar-refractivity contribution in [2.24, 2.45) is 5.92 Å². The van der Waals surface area contributed by atoms with Crippen LogP contribution in [0.15, 0.2) is 24.3 Å². The highest BCUT2D eigenvalue weighted by atomic mass is 32.2. The lowest BCUT2D eigenvalue weighted by Gasteiger charge is -2.31. The van der Waals surface area contributed by atoms with Crippen LogP contribution in [0, 0.1) is 5.92 Å². The second kappa shape index (κ2) is 7.24. The highest BCUT2D eigenvalue weighted by molar-refractivity contribution is 7.88. The summed E-state index contributed by atoms with van der Waals surface area (Å²) < 4.78 is 31.9. The zero-order valence-electron chi connectivity index (χ0n) is 12.7. The number of nitrogens with zero attached hydrogens (tertiary/aromatic N) is 1.